The Kier molecular flexibility index (Phi) is 7.26. The van der Waals surface area contributed by atoms with Gasteiger partial charge in [0.15, 0.2) is 5.84 Å². The van der Waals surface area contributed by atoms with Crippen LogP contribution in [-0.4, -0.2) is 43.6 Å². The average molecular weight is 536 g/mol. The number of aryl methyl sites for hydroxylation is 2. The number of anilines is 3. The number of para-hydroxylation sites is 1. The molecule has 0 spiro atoms. The smallest absolute Gasteiger partial charge is 0.283 e. The highest BCUT2D eigenvalue weighted by Gasteiger charge is 2.45. The molecular weight excluding hydrogens is 502 g/mol. The molecule has 0 saturated carbocycles. The van der Waals surface area contributed by atoms with E-state index in [1.807, 2.05) is 44.2 Å². The lowest BCUT2D eigenvalue weighted by atomic mass is 9.96. The fourth-order valence-electron chi connectivity index (χ4n) is 5.20. The molecular formula is C32H33N5O3. The number of aliphatic imine (C=N–C) groups is 1. The number of rotatable bonds is 7. The predicted octanol–water partition coefficient (Wildman–Crippen LogP) is 5.95. The van der Waals surface area contributed by atoms with Gasteiger partial charge in [0.1, 0.15) is 11.5 Å². The Morgan fingerprint density at radius 3 is 2.05 bits per heavy atom. The number of hydrazone groups is 1. The molecule has 0 radical (unpaired) electrons. The molecule has 2 heterocycles. The van der Waals surface area contributed by atoms with Crippen molar-refractivity contribution in [2.75, 3.05) is 35.0 Å². The van der Waals surface area contributed by atoms with Crippen molar-refractivity contribution in [2.24, 2.45) is 10.1 Å². The zero-order valence-corrected chi connectivity index (χ0v) is 23.7. The number of hydrogen-bond acceptors (Lipinski definition) is 6. The molecule has 0 unspecified atom stereocenters. The SMILES string of the molecule is CCN(CC)c1cc(C)c(N=C2C(=O)N(c3ccc(OC)cc3)C3=NN(c4ccccc4)C(=O)C3=C2C)c(C)c1. The van der Waals surface area contributed by atoms with E-state index in [9.17, 15) is 9.59 Å². The molecule has 2 aliphatic heterocycles. The van der Waals surface area contributed by atoms with Crippen molar-refractivity contribution in [2.45, 2.75) is 34.6 Å². The maximum atomic E-state index is 14.2. The van der Waals surface area contributed by atoms with Crippen molar-refractivity contribution >= 4 is 46.1 Å². The Balaban J connectivity index is 1.69. The van der Waals surface area contributed by atoms with Crippen molar-refractivity contribution in [1.82, 2.24) is 0 Å². The summed E-state index contributed by atoms with van der Waals surface area (Å²) in [6.07, 6.45) is 0. The summed E-state index contributed by atoms with van der Waals surface area (Å²) in [5.74, 6) is 0.289. The second-order valence-electron chi connectivity index (χ2n) is 9.78. The minimum absolute atomic E-state index is 0.217. The zero-order chi connectivity index (χ0) is 28.6. The lowest BCUT2D eigenvalue weighted by Gasteiger charge is -2.28. The van der Waals surface area contributed by atoms with Gasteiger partial charge in [-0.1, -0.05) is 18.2 Å². The van der Waals surface area contributed by atoms with Crippen LogP contribution in [0, 0.1) is 13.8 Å². The Morgan fingerprint density at radius 2 is 1.48 bits per heavy atom. The number of amides is 2. The summed E-state index contributed by atoms with van der Waals surface area (Å²) in [6.45, 7) is 11.8. The van der Waals surface area contributed by atoms with Crippen LogP contribution in [0.15, 0.2) is 88.0 Å². The van der Waals surface area contributed by atoms with E-state index < -0.39 is 0 Å². The summed E-state index contributed by atoms with van der Waals surface area (Å²) in [5, 5.41) is 5.99. The van der Waals surface area contributed by atoms with Gasteiger partial charge in [-0.15, -0.1) is 5.10 Å². The van der Waals surface area contributed by atoms with Crippen LogP contribution < -0.4 is 19.5 Å². The summed E-state index contributed by atoms with van der Waals surface area (Å²) in [6, 6.07) is 20.5. The number of carbonyl (C=O) groups excluding carboxylic acids is 2. The van der Waals surface area contributed by atoms with Gasteiger partial charge in [0.25, 0.3) is 11.8 Å². The molecule has 0 bridgehead atoms. The molecule has 0 N–H and O–H groups in total. The average Bonchev–Trinajstić information content (AvgIpc) is 3.30. The van der Waals surface area contributed by atoms with Gasteiger partial charge in [0.2, 0.25) is 0 Å². The van der Waals surface area contributed by atoms with Crippen molar-refractivity contribution < 1.29 is 14.3 Å². The number of carbonyl (C=O) groups is 2. The molecule has 3 aromatic carbocycles. The number of hydrogen-bond donors (Lipinski definition) is 0. The second-order valence-corrected chi connectivity index (χ2v) is 9.78. The highest BCUT2D eigenvalue weighted by Crippen LogP contribution is 2.36. The van der Waals surface area contributed by atoms with Crippen LogP contribution in [0.1, 0.15) is 31.9 Å². The molecule has 40 heavy (non-hydrogen) atoms. The van der Waals surface area contributed by atoms with Gasteiger partial charge in [-0.3, -0.25) is 14.5 Å². The van der Waals surface area contributed by atoms with Gasteiger partial charge in [0, 0.05) is 18.8 Å². The number of fused-ring (bicyclic) bond motifs is 1. The van der Waals surface area contributed by atoms with Crippen molar-refractivity contribution in [3.05, 3.63) is 89.0 Å². The third-order valence-electron chi connectivity index (χ3n) is 7.33. The number of ether oxygens (including phenoxy) is 1. The van der Waals surface area contributed by atoms with Crippen molar-refractivity contribution in [3.63, 3.8) is 0 Å². The molecule has 8 heteroatoms. The quantitative estimate of drug-likeness (QED) is 0.374. The Hall–Kier alpha value is -4.72. The van der Waals surface area contributed by atoms with Crippen molar-refractivity contribution in [1.29, 1.82) is 0 Å². The molecule has 3 aromatic rings. The van der Waals surface area contributed by atoms with E-state index in [2.05, 4.69) is 36.0 Å². The van der Waals surface area contributed by atoms with Crippen LogP contribution in [0.25, 0.3) is 0 Å². The van der Waals surface area contributed by atoms with Crippen molar-refractivity contribution in [3.8, 4) is 5.75 Å². The van der Waals surface area contributed by atoms with E-state index in [0.717, 1.165) is 35.6 Å². The first-order chi connectivity index (χ1) is 19.3. The molecule has 2 amide bonds. The van der Waals surface area contributed by atoms with E-state index in [1.165, 1.54) is 9.91 Å². The summed E-state index contributed by atoms with van der Waals surface area (Å²) in [5.41, 5.74) is 6.02. The predicted molar refractivity (Wildman–Crippen MR) is 161 cm³/mol. The third-order valence-corrected chi connectivity index (χ3v) is 7.33. The lowest BCUT2D eigenvalue weighted by molar-refractivity contribution is -0.114. The van der Waals surface area contributed by atoms with Gasteiger partial charge in [0.05, 0.1) is 29.7 Å². The van der Waals surface area contributed by atoms with Gasteiger partial charge < -0.3 is 9.64 Å². The molecule has 0 atom stereocenters. The maximum absolute atomic E-state index is 14.2. The Labute approximate surface area is 234 Å². The number of nitrogens with zero attached hydrogens (tertiary/aromatic N) is 5. The van der Waals surface area contributed by atoms with E-state index in [0.29, 0.717) is 28.3 Å². The molecule has 204 valence electrons. The first-order valence-electron chi connectivity index (χ1n) is 13.4. The largest absolute Gasteiger partial charge is 0.497 e. The molecule has 5 rings (SSSR count). The van der Waals surface area contributed by atoms with Crippen LogP contribution in [0.4, 0.5) is 22.7 Å². The number of methoxy groups -OCH3 is 1. The summed E-state index contributed by atoms with van der Waals surface area (Å²) < 4.78 is 5.32. The van der Waals surface area contributed by atoms with E-state index >= 15 is 0 Å². The normalized spacial score (nSPS) is 16.1. The van der Waals surface area contributed by atoms with Gasteiger partial charge in [-0.25, -0.2) is 4.99 Å². The zero-order valence-electron chi connectivity index (χ0n) is 23.7. The minimum Gasteiger partial charge on any atom is -0.497 e. The third kappa shape index (κ3) is 4.55. The molecule has 8 nitrogen and oxygen atoms in total. The minimum atomic E-state index is -0.348. The molecule has 2 aliphatic rings. The molecule has 0 aliphatic carbocycles. The Bertz CT molecular complexity index is 1540. The standard InChI is InChI=1S/C32H33N5O3/c1-7-35(8-2)25-18-20(3)28(21(4)19-25)33-29-22(5)27-30(34-37(31(27)38)24-12-10-9-11-13-24)36(32(29)39)23-14-16-26(40-6)17-15-23/h9-19H,7-8H2,1-6H3. The van der Waals surface area contributed by atoms with Crippen LogP contribution >= 0.6 is 0 Å². The highest BCUT2D eigenvalue weighted by molar-refractivity contribution is 6.61. The van der Waals surface area contributed by atoms with Gasteiger partial charge in [-0.05, 0) is 99.8 Å². The molecule has 0 fully saturated rings. The van der Waals surface area contributed by atoms with E-state index in [4.69, 9.17) is 9.73 Å². The van der Waals surface area contributed by atoms with Crippen LogP contribution in [0.5, 0.6) is 5.75 Å². The first-order valence-corrected chi connectivity index (χ1v) is 13.4. The summed E-state index contributed by atoms with van der Waals surface area (Å²) in [4.78, 5) is 36.7. The van der Waals surface area contributed by atoms with Crippen LogP contribution in [0.3, 0.4) is 0 Å². The summed E-state index contributed by atoms with van der Waals surface area (Å²) in [7, 11) is 1.59. The number of amidine groups is 1. The molecule has 0 saturated heterocycles. The first kappa shape index (κ1) is 26.9. The van der Waals surface area contributed by atoms with Gasteiger partial charge in [-0.2, -0.15) is 5.01 Å². The van der Waals surface area contributed by atoms with E-state index in [-0.39, 0.29) is 23.4 Å². The monoisotopic (exact) mass is 535 g/mol. The fraction of sp³-hybridized carbons (Fsp3) is 0.250. The van der Waals surface area contributed by atoms with E-state index in [1.54, 1.807) is 38.3 Å². The summed E-state index contributed by atoms with van der Waals surface area (Å²) >= 11 is 0. The fourth-order valence-corrected chi connectivity index (χ4v) is 5.20. The highest BCUT2D eigenvalue weighted by atomic mass is 16.5. The topological polar surface area (TPSA) is 77.8 Å². The van der Waals surface area contributed by atoms with Crippen LogP contribution in [-0.2, 0) is 9.59 Å². The lowest BCUT2D eigenvalue weighted by Crippen LogP contribution is -2.47. The number of benzene rings is 3. The Morgan fingerprint density at radius 1 is 0.850 bits per heavy atom. The molecule has 0 aromatic heterocycles. The second kappa shape index (κ2) is 10.8. The van der Waals surface area contributed by atoms with Gasteiger partial charge >= 0.3 is 0 Å². The maximum Gasteiger partial charge on any atom is 0.283 e. The van der Waals surface area contributed by atoms with Crippen LogP contribution in [0.2, 0.25) is 0 Å².